The summed E-state index contributed by atoms with van der Waals surface area (Å²) in [5.74, 6) is 0.859. The Kier molecular flexibility index (Phi) is 4.74. The molecule has 5 heteroatoms. The van der Waals surface area contributed by atoms with Crippen LogP contribution in [0.15, 0.2) is 58.6 Å². The third kappa shape index (κ3) is 3.13. The van der Waals surface area contributed by atoms with Gasteiger partial charge in [-0.05, 0) is 42.2 Å². The highest BCUT2D eigenvalue weighted by atomic mass is 79.9. The number of rotatable bonds is 4. The Labute approximate surface area is 165 Å². The van der Waals surface area contributed by atoms with E-state index in [0.717, 1.165) is 43.7 Å². The van der Waals surface area contributed by atoms with Gasteiger partial charge in [-0.2, -0.15) is 0 Å². The number of para-hydroxylation sites is 1. The molecule has 0 atom stereocenters. The Hall–Kier alpha value is -2.24. The van der Waals surface area contributed by atoms with Crippen LogP contribution in [0, 0.1) is 6.92 Å². The SMILES string of the molecule is CCc1cccc(C)c1Nc1ncnc2scc(-c3ccc(Br)cc3)c12. The fraction of sp³-hybridized carbons (Fsp3) is 0.143. The summed E-state index contributed by atoms with van der Waals surface area (Å²) in [6.07, 6.45) is 2.61. The van der Waals surface area contributed by atoms with Crippen LogP contribution in [0.3, 0.4) is 0 Å². The molecule has 0 amide bonds. The summed E-state index contributed by atoms with van der Waals surface area (Å²) in [5, 5.41) is 6.82. The smallest absolute Gasteiger partial charge is 0.143 e. The van der Waals surface area contributed by atoms with Crippen LogP contribution in [0.4, 0.5) is 11.5 Å². The van der Waals surface area contributed by atoms with Crippen LogP contribution in [0.2, 0.25) is 0 Å². The minimum absolute atomic E-state index is 0.859. The molecule has 0 bridgehead atoms. The predicted octanol–water partition coefficient (Wildman–Crippen LogP) is 6.74. The quantitative estimate of drug-likeness (QED) is 0.395. The van der Waals surface area contributed by atoms with Crippen molar-refractivity contribution in [3.63, 3.8) is 0 Å². The normalized spacial score (nSPS) is 11.0. The minimum Gasteiger partial charge on any atom is -0.339 e. The zero-order valence-corrected chi connectivity index (χ0v) is 17.0. The average Bonchev–Trinajstić information content (AvgIpc) is 3.09. The zero-order chi connectivity index (χ0) is 18.1. The lowest BCUT2D eigenvalue weighted by Gasteiger charge is -2.14. The first kappa shape index (κ1) is 17.2. The predicted molar refractivity (Wildman–Crippen MR) is 114 cm³/mol. The van der Waals surface area contributed by atoms with Crippen molar-refractivity contribution in [2.75, 3.05) is 5.32 Å². The van der Waals surface area contributed by atoms with Crippen LogP contribution in [0.1, 0.15) is 18.1 Å². The number of thiophene rings is 1. The van der Waals surface area contributed by atoms with Gasteiger partial charge in [0.1, 0.15) is 17.0 Å². The van der Waals surface area contributed by atoms with Gasteiger partial charge in [0.25, 0.3) is 0 Å². The standard InChI is InChI=1S/C21H18BrN3S/c1-3-14-6-4-5-13(2)19(14)25-20-18-17(11-26-21(18)24-12-23-20)15-7-9-16(22)10-8-15/h4-12H,3H2,1-2H3,(H,23,24,25). The Bertz CT molecular complexity index is 1070. The van der Waals surface area contributed by atoms with Crippen molar-refractivity contribution in [1.82, 2.24) is 9.97 Å². The molecule has 2 aromatic carbocycles. The van der Waals surface area contributed by atoms with Crippen LogP contribution in [0.25, 0.3) is 21.3 Å². The molecule has 130 valence electrons. The molecule has 0 spiro atoms. The Balaban J connectivity index is 1.86. The molecule has 0 aliphatic carbocycles. The van der Waals surface area contributed by atoms with Crippen molar-refractivity contribution in [3.05, 3.63) is 69.8 Å². The van der Waals surface area contributed by atoms with E-state index in [2.05, 4.69) is 92.9 Å². The first-order chi connectivity index (χ1) is 12.7. The molecule has 0 unspecified atom stereocenters. The van der Waals surface area contributed by atoms with Crippen LogP contribution >= 0.6 is 27.3 Å². The fourth-order valence-corrected chi connectivity index (χ4v) is 4.31. The largest absolute Gasteiger partial charge is 0.339 e. The summed E-state index contributed by atoms with van der Waals surface area (Å²) < 4.78 is 1.07. The first-order valence-corrected chi connectivity index (χ1v) is 10.2. The number of aryl methyl sites for hydroxylation is 2. The number of aromatic nitrogens is 2. The van der Waals surface area contributed by atoms with Gasteiger partial charge in [-0.15, -0.1) is 11.3 Å². The number of nitrogens with one attached hydrogen (secondary N) is 1. The van der Waals surface area contributed by atoms with Gasteiger partial charge in [-0.3, -0.25) is 0 Å². The van der Waals surface area contributed by atoms with Gasteiger partial charge in [-0.25, -0.2) is 9.97 Å². The van der Waals surface area contributed by atoms with E-state index in [1.54, 1.807) is 17.7 Å². The van der Waals surface area contributed by atoms with E-state index in [4.69, 9.17) is 0 Å². The van der Waals surface area contributed by atoms with Gasteiger partial charge in [0, 0.05) is 21.1 Å². The van der Waals surface area contributed by atoms with Gasteiger partial charge < -0.3 is 5.32 Å². The molecule has 3 nitrogen and oxygen atoms in total. The number of benzene rings is 2. The van der Waals surface area contributed by atoms with E-state index in [9.17, 15) is 0 Å². The summed E-state index contributed by atoms with van der Waals surface area (Å²) in [4.78, 5) is 10.0. The van der Waals surface area contributed by atoms with E-state index in [-0.39, 0.29) is 0 Å². The highest BCUT2D eigenvalue weighted by Crippen LogP contribution is 2.38. The second-order valence-electron chi connectivity index (χ2n) is 6.15. The highest BCUT2D eigenvalue weighted by Gasteiger charge is 2.15. The molecule has 0 saturated heterocycles. The molecular weight excluding hydrogens is 406 g/mol. The molecule has 0 radical (unpaired) electrons. The van der Waals surface area contributed by atoms with Crippen LogP contribution < -0.4 is 5.32 Å². The van der Waals surface area contributed by atoms with E-state index >= 15 is 0 Å². The monoisotopic (exact) mass is 423 g/mol. The molecule has 0 aliphatic heterocycles. The van der Waals surface area contributed by atoms with Crippen molar-refractivity contribution in [2.45, 2.75) is 20.3 Å². The van der Waals surface area contributed by atoms with Crippen molar-refractivity contribution >= 4 is 49.0 Å². The molecule has 2 aromatic heterocycles. The maximum atomic E-state index is 4.57. The minimum atomic E-state index is 0.859. The number of nitrogens with zero attached hydrogens (tertiary/aromatic N) is 2. The van der Waals surface area contributed by atoms with E-state index in [0.29, 0.717) is 0 Å². The summed E-state index contributed by atoms with van der Waals surface area (Å²) in [7, 11) is 0. The van der Waals surface area contributed by atoms with Crippen LogP contribution in [0.5, 0.6) is 0 Å². The zero-order valence-electron chi connectivity index (χ0n) is 14.6. The lowest BCUT2D eigenvalue weighted by atomic mass is 10.0. The lowest BCUT2D eigenvalue weighted by molar-refractivity contribution is 1.13. The lowest BCUT2D eigenvalue weighted by Crippen LogP contribution is -2.01. The summed E-state index contributed by atoms with van der Waals surface area (Å²) in [5.41, 5.74) is 5.97. The molecule has 0 saturated carbocycles. The number of fused-ring (bicyclic) bond motifs is 1. The van der Waals surface area contributed by atoms with Crippen molar-refractivity contribution in [2.24, 2.45) is 0 Å². The van der Waals surface area contributed by atoms with Gasteiger partial charge in [-0.1, -0.05) is 53.2 Å². The fourth-order valence-electron chi connectivity index (χ4n) is 3.13. The van der Waals surface area contributed by atoms with Crippen LogP contribution in [-0.4, -0.2) is 9.97 Å². The molecule has 4 rings (SSSR count). The second-order valence-corrected chi connectivity index (χ2v) is 7.92. The number of hydrogen-bond acceptors (Lipinski definition) is 4. The van der Waals surface area contributed by atoms with Crippen molar-refractivity contribution < 1.29 is 0 Å². The number of hydrogen-bond donors (Lipinski definition) is 1. The van der Waals surface area contributed by atoms with Gasteiger partial charge >= 0.3 is 0 Å². The molecular formula is C21H18BrN3S. The molecule has 1 N–H and O–H groups in total. The van der Waals surface area contributed by atoms with E-state index in [1.807, 2.05) is 0 Å². The van der Waals surface area contributed by atoms with Gasteiger partial charge in [0.15, 0.2) is 0 Å². The Morgan fingerprint density at radius 1 is 1.08 bits per heavy atom. The topological polar surface area (TPSA) is 37.8 Å². The summed E-state index contributed by atoms with van der Waals surface area (Å²) in [6, 6.07) is 14.8. The Morgan fingerprint density at radius 3 is 2.65 bits per heavy atom. The maximum absolute atomic E-state index is 4.57. The molecule has 4 aromatic rings. The van der Waals surface area contributed by atoms with Crippen molar-refractivity contribution in [3.8, 4) is 11.1 Å². The first-order valence-electron chi connectivity index (χ1n) is 8.51. The van der Waals surface area contributed by atoms with Crippen molar-refractivity contribution in [1.29, 1.82) is 0 Å². The van der Waals surface area contributed by atoms with Crippen LogP contribution in [-0.2, 0) is 6.42 Å². The molecule has 2 heterocycles. The van der Waals surface area contributed by atoms with Gasteiger partial charge in [0.05, 0.1) is 5.39 Å². The molecule has 0 fully saturated rings. The average molecular weight is 424 g/mol. The summed E-state index contributed by atoms with van der Waals surface area (Å²) in [6.45, 7) is 4.30. The maximum Gasteiger partial charge on any atom is 0.143 e. The number of halogens is 1. The molecule has 26 heavy (non-hydrogen) atoms. The second kappa shape index (κ2) is 7.17. The third-order valence-electron chi connectivity index (χ3n) is 4.51. The number of anilines is 2. The molecule has 0 aliphatic rings. The van der Waals surface area contributed by atoms with E-state index in [1.165, 1.54) is 11.1 Å². The van der Waals surface area contributed by atoms with E-state index < -0.39 is 0 Å². The summed E-state index contributed by atoms with van der Waals surface area (Å²) >= 11 is 5.16. The third-order valence-corrected chi connectivity index (χ3v) is 5.92. The van der Waals surface area contributed by atoms with Gasteiger partial charge in [0.2, 0.25) is 0 Å². The Morgan fingerprint density at radius 2 is 1.88 bits per heavy atom. The highest BCUT2D eigenvalue weighted by molar-refractivity contribution is 9.10.